The average Bonchev–Trinajstić information content (AvgIpc) is 2.87. The fraction of sp³-hybridized carbons (Fsp3) is 0.278. The zero-order valence-corrected chi connectivity index (χ0v) is 13.9. The summed E-state index contributed by atoms with van der Waals surface area (Å²) in [5.74, 6) is -0.321. The van der Waals surface area contributed by atoms with E-state index in [1.54, 1.807) is 18.3 Å². The number of carbonyl (C=O) groups excluding carboxylic acids is 2. The quantitative estimate of drug-likeness (QED) is 0.871. The summed E-state index contributed by atoms with van der Waals surface area (Å²) in [5.41, 5.74) is -0.109. The van der Waals surface area contributed by atoms with Gasteiger partial charge in [-0.15, -0.1) is 0 Å². The Balaban J connectivity index is 2.18. The van der Waals surface area contributed by atoms with Gasteiger partial charge in [-0.1, -0.05) is 36.4 Å². The number of nitrogens with zero attached hydrogens (tertiary/aromatic N) is 3. The van der Waals surface area contributed by atoms with Gasteiger partial charge in [0.2, 0.25) is 0 Å². The molecule has 1 unspecified atom stereocenters. The minimum Gasteiger partial charge on any atom is -0.314 e. The van der Waals surface area contributed by atoms with E-state index in [4.69, 9.17) is 0 Å². The molecule has 1 N–H and O–H groups in total. The monoisotopic (exact) mass is 324 g/mol. The molecule has 3 rings (SSSR count). The van der Waals surface area contributed by atoms with E-state index in [-0.39, 0.29) is 12.1 Å². The van der Waals surface area contributed by atoms with Crippen molar-refractivity contribution >= 4 is 11.9 Å². The first-order chi connectivity index (χ1) is 11.5. The van der Waals surface area contributed by atoms with Crippen LogP contribution in [-0.4, -0.2) is 47.0 Å². The van der Waals surface area contributed by atoms with E-state index in [2.05, 4.69) is 10.3 Å². The molecule has 1 aromatic carbocycles. The van der Waals surface area contributed by atoms with Gasteiger partial charge in [0, 0.05) is 6.20 Å². The zero-order chi connectivity index (χ0) is 17.3. The van der Waals surface area contributed by atoms with Crippen LogP contribution in [0.5, 0.6) is 0 Å². The van der Waals surface area contributed by atoms with E-state index in [9.17, 15) is 9.59 Å². The Bertz CT molecular complexity index is 707. The second-order valence-electron chi connectivity index (χ2n) is 6.03. The minimum absolute atomic E-state index is 0.321. The Morgan fingerprint density at radius 1 is 1.08 bits per heavy atom. The van der Waals surface area contributed by atoms with Crippen molar-refractivity contribution in [3.63, 3.8) is 0 Å². The van der Waals surface area contributed by atoms with Crippen molar-refractivity contribution in [2.75, 3.05) is 14.1 Å². The highest BCUT2D eigenvalue weighted by Crippen LogP contribution is 2.35. The van der Waals surface area contributed by atoms with Crippen LogP contribution in [0.15, 0.2) is 54.7 Å². The van der Waals surface area contributed by atoms with Crippen LogP contribution in [0, 0.1) is 0 Å². The highest BCUT2D eigenvalue weighted by Gasteiger charge is 2.56. The van der Waals surface area contributed by atoms with E-state index < -0.39 is 11.6 Å². The number of aromatic nitrogens is 1. The van der Waals surface area contributed by atoms with Gasteiger partial charge < -0.3 is 5.32 Å². The molecule has 0 radical (unpaired) electrons. The SMILES string of the molecule is CC(N(C)C)N1C(=O)N[C@@](c2ccccc2)(c2ccccn2)C1=O. The first kappa shape index (κ1) is 16.1. The second kappa shape index (κ2) is 6.05. The lowest BCUT2D eigenvalue weighted by Gasteiger charge is -2.30. The fourth-order valence-electron chi connectivity index (χ4n) is 2.91. The van der Waals surface area contributed by atoms with Gasteiger partial charge in [0.05, 0.1) is 11.9 Å². The van der Waals surface area contributed by atoms with E-state index >= 15 is 0 Å². The van der Waals surface area contributed by atoms with Crippen molar-refractivity contribution in [1.82, 2.24) is 20.1 Å². The Kier molecular flexibility index (Phi) is 4.07. The first-order valence-corrected chi connectivity index (χ1v) is 7.77. The van der Waals surface area contributed by atoms with Crippen molar-refractivity contribution in [3.05, 3.63) is 66.0 Å². The molecule has 0 spiro atoms. The number of carbonyl (C=O) groups is 2. The molecule has 6 heteroatoms. The molecule has 0 saturated carbocycles. The number of hydrogen-bond acceptors (Lipinski definition) is 4. The molecule has 2 aromatic rings. The molecule has 6 nitrogen and oxygen atoms in total. The van der Waals surface area contributed by atoms with Crippen LogP contribution >= 0.6 is 0 Å². The number of pyridine rings is 1. The third-order valence-electron chi connectivity index (χ3n) is 4.43. The lowest BCUT2D eigenvalue weighted by atomic mass is 9.86. The summed E-state index contributed by atoms with van der Waals surface area (Å²) in [4.78, 5) is 33.4. The minimum atomic E-state index is -1.30. The standard InChI is InChI=1S/C18H20N4O2/c1-13(21(2)3)22-16(23)18(20-17(22)24,14-9-5-4-6-10-14)15-11-7-8-12-19-15/h4-13H,1-3H3,(H,20,24)/t13?,18-/m0/s1. The third kappa shape index (κ3) is 2.35. The normalized spacial score (nSPS) is 21.9. The Morgan fingerprint density at radius 2 is 1.75 bits per heavy atom. The van der Waals surface area contributed by atoms with E-state index in [0.29, 0.717) is 11.3 Å². The summed E-state index contributed by atoms with van der Waals surface area (Å²) in [6.07, 6.45) is 1.25. The topological polar surface area (TPSA) is 65.5 Å². The molecular formula is C18H20N4O2. The molecule has 3 amide bonds. The van der Waals surface area contributed by atoms with Crippen LogP contribution in [0.25, 0.3) is 0 Å². The predicted octanol–water partition coefficient (Wildman–Crippen LogP) is 1.78. The maximum Gasteiger partial charge on any atom is 0.326 e. The molecule has 1 aromatic heterocycles. The first-order valence-electron chi connectivity index (χ1n) is 7.77. The molecule has 0 bridgehead atoms. The van der Waals surface area contributed by atoms with E-state index in [0.717, 1.165) is 0 Å². The van der Waals surface area contributed by atoms with Crippen molar-refractivity contribution in [2.24, 2.45) is 0 Å². The summed E-state index contributed by atoms with van der Waals surface area (Å²) in [6, 6.07) is 14.2. The second-order valence-corrected chi connectivity index (χ2v) is 6.03. The summed E-state index contributed by atoms with van der Waals surface area (Å²) in [6.45, 7) is 1.82. The van der Waals surface area contributed by atoms with Crippen molar-refractivity contribution in [1.29, 1.82) is 0 Å². The lowest BCUT2D eigenvalue weighted by molar-refractivity contribution is -0.133. The molecule has 24 heavy (non-hydrogen) atoms. The summed E-state index contributed by atoms with van der Waals surface area (Å²) in [5, 5.41) is 2.88. The van der Waals surface area contributed by atoms with Gasteiger partial charge in [-0.2, -0.15) is 0 Å². The van der Waals surface area contributed by atoms with Gasteiger partial charge in [-0.05, 0) is 38.7 Å². The summed E-state index contributed by atoms with van der Waals surface area (Å²) < 4.78 is 0. The molecule has 1 aliphatic rings. The molecule has 1 aliphatic heterocycles. The van der Waals surface area contributed by atoms with Gasteiger partial charge in [0.15, 0.2) is 5.54 Å². The maximum absolute atomic E-state index is 13.4. The van der Waals surface area contributed by atoms with Crippen LogP contribution < -0.4 is 5.32 Å². The Hall–Kier alpha value is -2.73. The van der Waals surface area contributed by atoms with Crippen molar-refractivity contribution in [3.8, 4) is 0 Å². The number of imide groups is 1. The Labute approximate surface area is 141 Å². The predicted molar refractivity (Wildman–Crippen MR) is 90.0 cm³/mol. The largest absolute Gasteiger partial charge is 0.326 e. The molecule has 0 aliphatic carbocycles. The molecule has 2 heterocycles. The molecule has 1 saturated heterocycles. The molecule has 2 atom stereocenters. The number of rotatable bonds is 4. The molecule has 124 valence electrons. The van der Waals surface area contributed by atoms with Gasteiger partial charge in [-0.25, -0.2) is 9.69 Å². The number of hydrogen-bond donors (Lipinski definition) is 1. The molecule has 1 fully saturated rings. The highest BCUT2D eigenvalue weighted by molar-refractivity contribution is 6.09. The number of nitrogens with one attached hydrogen (secondary N) is 1. The van der Waals surface area contributed by atoms with E-state index in [1.165, 1.54) is 4.90 Å². The number of amides is 3. The Morgan fingerprint density at radius 3 is 2.33 bits per heavy atom. The number of urea groups is 1. The fourth-order valence-corrected chi connectivity index (χ4v) is 2.91. The maximum atomic E-state index is 13.4. The lowest BCUT2D eigenvalue weighted by Crippen LogP contribution is -2.49. The summed E-state index contributed by atoms with van der Waals surface area (Å²) >= 11 is 0. The highest BCUT2D eigenvalue weighted by atomic mass is 16.2. The van der Waals surface area contributed by atoms with Crippen LogP contribution in [-0.2, 0) is 10.3 Å². The van der Waals surface area contributed by atoms with Gasteiger partial charge >= 0.3 is 6.03 Å². The van der Waals surface area contributed by atoms with Crippen molar-refractivity contribution < 1.29 is 9.59 Å². The third-order valence-corrected chi connectivity index (χ3v) is 4.43. The van der Waals surface area contributed by atoms with Crippen molar-refractivity contribution in [2.45, 2.75) is 18.6 Å². The van der Waals surface area contributed by atoms with Gasteiger partial charge in [-0.3, -0.25) is 14.7 Å². The number of benzene rings is 1. The molecular weight excluding hydrogens is 304 g/mol. The summed E-state index contributed by atoms with van der Waals surface area (Å²) in [7, 11) is 3.66. The van der Waals surface area contributed by atoms with Crippen LogP contribution in [0.4, 0.5) is 4.79 Å². The van der Waals surface area contributed by atoms with Crippen LogP contribution in [0.3, 0.4) is 0 Å². The van der Waals surface area contributed by atoms with E-state index in [1.807, 2.05) is 62.3 Å². The van der Waals surface area contributed by atoms with Crippen LogP contribution in [0.1, 0.15) is 18.2 Å². The van der Waals surface area contributed by atoms with Crippen LogP contribution in [0.2, 0.25) is 0 Å². The van der Waals surface area contributed by atoms with Gasteiger partial charge in [0.25, 0.3) is 5.91 Å². The average molecular weight is 324 g/mol. The zero-order valence-electron chi connectivity index (χ0n) is 13.9. The smallest absolute Gasteiger partial charge is 0.314 e. The van der Waals surface area contributed by atoms with Gasteiger partial charge in [0.1, 0.15) is 0 Å².